The third kappa shape index (κ3) is 2.90. The summed E-state index contributed by atoms with van der Waals surface area (Å²) in [6.07, 6.45) is 3.52. The van der Waals surface area contributed by atoms with Crippen LogP contribution in [0.3, 0.4) is 0 Å². The van der Waals surface area contributed by atoms with Gasteiger partial charge in [0.25, 0.3) is 0 Å². The zero-order valence-electron chi connectivity index (χ0n) is 12.1. The first-order valence-electron chi connectivity index (χ1n) is 6.92. The molecule has 21 heavy (non-hydrogen) atoms. The maximum absolute atomic E-state index is 5.92. The molecule has 0 bridgehead atoms. The van der Waals surface area contributed by atoms with E-state index in [9.17, 15) is 0 Å². The number of rotatable bonds is 6. The van der Waals surface area contributed by atoms with Crippen molar-refractivity contribution in [2.75, 3.05) is 13.7 Å². The lowest BCUT2D eigenvalue weighted by Crippen LogP contribution is -2.23. The minimum atomic E-state index is 0.116. The summed E-state index contributed by atoms with van der Waals surface area (Å²) < 4.78 is 13.0. The number of nitrogens with one attached hydrogen (secondary N) is 1. The SMILES string of the molecule is COc1cccc2cc(C(C)NCCn3ccnn3)oc12. The average molecular weight is 286 g/mol. The largest absolute Gasteiger partial charge is 0.493 e. The molecule has 1 N–H and O–H groups in total. The van der Waals surface area contributed by atoms with Gasteiger partial charge in [-0.1, -0.05) is 17.3 Å². The van der Waals surface area contributed by atoms with Gasteiger partial charge in [0.15, 0.2) is 11.3 Å². The van der Waals surface area contributed by atoms with Crippen LogP contribution in [-0.2, 0) is 6.54 Å². The molecule has 0 radical (unpaired) electrons. The van der Waals surface area contributed by atoms with E-state index in [0.717, 1.165) is 35.6 Å². The van der Waals surface area contributed by atoms with Crippen molar-refractivity contribution in [3.63, 3.8) is 0 Å². The lowest BCUT2D eigenvalue weighted by atomic mass is 10.2. The number of aromatic nitrogens is 3. The summed E-state index contributed by atoms with van der Waals surface area (Å²) in [5, 5.41) is 12.2. The number of benzene rings is 1. The molecule has 0 fully saturated rings. The van der Waals surface area contributed by atoms with Crippen LogP contribution in [0, 0.1) is 0 Å². The molecule has 6 nitrogen and oxygen atoms in total. The molecule has 1 aromatic carbocycles. The summed E-state index contributed by atoms with van der Waals surface area (Å²) in [4.78, 5) is 0. The Morgan fingerprint density at radius 3 is 3.10 bits per heavy atom. The lowest BCUT2D eigenvalue weighted by molar-refractivity contribution is 0.397. The normalized spacial score (nSPS) is 12.7. The fraction of sp³-hybridized carbons (Fsp3) is 0.333. The zero-order valence-corrected chi connectivity index (χ0v) is 12.1. The fourth-order valence-electron chi connectivity index (χ4n) is 2.28. The summed E-state index contributed by atoms with van der Waals surface area (Å²) in [6.45, 7) is 3.64. The van der Waals surface area contributed by atoms with Crippen LogP contribution in [0.4, 0.5) is 0 Å². The molecule has 0 aliphatic carbocycles. The zero-order chi connectivity index (χ0) is 14.7. The molecule has 2 aromatic heterocycles. The van der Waals surface area contributed by atoms with Crippen LogP contribution in [0.1, 0.15) is 18.7 Å². The fourth-order valence-corrected chi connectivity index (χ4v) is 2.28. The first kappa shape index (κ1) is 13.6. The van der Waals surface area contributed by atoms with E-state index in [2.05, 4.69) is 22.6 Å². The minimum Gasteiger partial charge on any atom is -0.493 e. The molecule has 0 aliphatic heterocycles. The third-order valence-corrected chi connectivity index (χ3v) is 3.44. The molecule has 0 saturated heterocycles. The minimum absolute atomic E-state index is 0.116. The van der Waals surface area contributed by atoms with Gasteiger partial charge in [-0.3, -0.25) is 4.68 Å². The predicted octanol–water partition coefficient (Wildman–Crippen LogP) is 2.38. The van der Waals surface area contributed by atoms with E-state index in [1.54, 1.807) is 18.0 Å². The van der Waals surface area contributed by atoms with Crippen molar-refractivity contribution in [2.45, 2.75) is 19.5 Å². The van der Waals surface area contributed by atoms with Gasteiger partial charge in [-0.25, -0.2) is 0 Å². The van der Waals surface area contributed by atoms with Crippen molar-refractivity contribution in [1.82, 2.24) is 20.3 Å². The highest BCUT2D eigenvalue weighted by molar-refractivity contribution is 5.83. The molecule has 1 atom stereocenters. The predicted molar refractivity (Wildman–Crippen MR) is 79.2 cm³/mol. The molecule has 0 aliphatic rings. The smallest absolute Gasteiger partial charge is 0.176 e. The number of fused-ring (bicyclic) bond motifs is 1. The Kier molecular flexibility index (Phi) is 3.87. The van der Waals surface area contributed by atoms with Gasteiger partial charge in [-0.15, -0.1) is 5.10 Å². The molecule has 6 heteroatoms. The van der Waals surface area contributed by atoms with Crippen LogP contribution in [0.5, 0.6) is 5.75 Å². The Bertz CT molecular complexity index is 706. The van der Waals surface area contributed by atoms with Gasteiger partial charge in [0.2, 0.25) is 0 Å². The van der Waals surface area contributed by atoms with Gasteiger partial charge in [0, 0.05) is 18.1 Å². The molecule has 3 rings (SSSR count). The van der Waals surface area contributed by atoms with E-state index in [0.29, 0.717) is 0 Å². The summed E-state index contributed by atoms with van der Waals surface area (Å²) in [6, 6.07) is 8.05. The van der Waals surface area contributed by atoms with Crippen molar-refractivity contribution in [1.29, 1.82) is 0 Å². The summed E-state index contributed by atoms with van der Waals surface area (Å²) >= 11 is 0. The first-order chi connectivity index (χ1) is 10.3. The molecule has 0 amide bonds. The number of hydrogen-bond acceptors (Lipinski definition) is 5. The summed E-state index contributed by atoms with van der Waals surface area (Å²) in [5.41, 5.74) is 0.792. The van der Waals surface area contributed by atoms with Crippen LogP contribution in [0.15, 0.2) is 41.1 Å². The summed E-state index contributed by atoms with van der Waals surface area (Å²) in [7, 11) is 1.65. The van der Waals surface area contributed by atoms with Gasteiger partial charge in [0.1, 0.15) is 5.76 Å². The van der Waals surface area contributed by atoms with E-state index in [1.165, 1.54) is 0 Å². The van der Waals surface area contributed by atoms with Gasteiger partial charge in [-0.05, 0) is 19.1 Å². The van der Waals surface area contributed by atoms with Crippen LogP contribution >= 0.6 is 0 Å². The standard InChI is InChI=1S/C15H18N4O2/c1-11(16-6-8-19-9-7-17-18-19)14-10-12-4-3-5-13(20-2)15(12)21-14/h3-5,7,9-11,16H,6,8H2,1-2H3. The van der Waals surface area contributed by atoms with Gasteiger partial charge < -0.3 is 14.5 Å². The Labute approximate surface area is 122 Å². The van der Waals surface area contributed by atoms with Crippen molar-refractivity contribution >= 4 is 11.0 Å². The second kappa shape index (κ2) is 5.97. The van der Waals surface area contributed by atoms with Crippen LogP contribution < -0.4 is 10.1 Å². The number of para-hydroxylation sites is 1. The lowest BCUT2D eigenvalue weighted by Gasteiger charge is -2.10. The number of furan rings is 1. The Hall–Kier alpha value is -2.34. The van der Waals surface area contributed by atoms with Gasteiger partial charge >= 0.3 is 0 Å². The first-order valence-corrected chi connectivity index (χ1v) is 6.92. The Morgan fingerprint density at radius 2 is 2.33 bits per heavy atom. The number of methoxy groups -OCH3 is 1. The quantitative estimate of drug-likeness (QED) is 0.753. The molecule has 1 unspecified atom stereocenters. The van der Waals surface area contributed by atoms with E-state index in [-0.39, 0.29) is 6.04 Å². The second-order valence-corrected chi connectivity index (χ2v) is 4.87. The molecular weight excluding hydrogens is 268 g/mol. The number of ether oxygens (including phenoxy) is 1. The highest BCUT2D eigenvalue weighted by Gasteiger charge is 2.13. The van der Waals surface area contributed by atoms with Crippen molar-refractivity contribution in [3.8, 4) is 5.75 Å². The average Bonchev–Trinajstić information content (AvgIpc) is 3.15. The van der Waals surface area contributed by atoms with Crippen LogP contribution in [0.2, 0.25) is 0 Å². The van der Waals surface area contributed by atoms with Crippen molar-refractivity contribution in [3.05, 3.63) is 42.4 Å². The molecule has 0 saturated carbocycles. The van der Waals surface area contributed by atoms with Crippen LogP contribution in [-0.4, -0.2) is 28.6 Å². The second-order valence-electron chi connectivity index (χ2n) is 4.87. The van der Waals surface area contributed by atoms with E-state index in [1.807, 2.05) is 30.5 Å². The highest BCUT2D eigenvalue weighted by atomic mass is 16.5. The van der Waals surface area contributed by atoms with Crippen molar-refractivity contribution < 1.29 is 9.15 Å². The number of nitrogens with zero attached hydrogens (tertiary/aromatic N) is 3. The molecule has 0 spiro atoms. The maximum atomic E-state index is 5.92. The summed E-state index contributed by atoms with van der Waals surface area (Å²) in [5.74, 6) is 1.65. The van der Waals surface area contributed by atoms with Gasteiger partial charge in [-0.2, -0.15) is 0 Å². The Balaban J connectivity index is 1.68. The molecular formula is C15H18N4O2. The third-order valence-electron chi connectivity index (χ3n) is 3.44. The topological polar surface area (TPSA) is 65.1 Å². The van der Waals surface area contributed by atoms with E-state index in [4.69, 9.17) is 9.15 Å². The van der Waals surface area contributed by atoms with E-state index >= 15 is 0 Å². The molecule has 3 aromatic rings. The van der Waals surface area contributed by atoms with Crippen molar-refractivity contribution in [2.24, 2.45) is 0 Å². The Morgan fingerprint density at radius 1 is 1.43 bits per heavy atom. The molecule has 110 valence electrons. The maximum Gasteiger partial charge on any atom is 0.176 e. The molecule has 2 heterocycles. The number of hydrogen-bond donors (Lipinski definition) is 1. The highest BCUT2D eigenvalue weighted by Crippen LogP contribution is 2.30. The van der Waals surface area contributed by atoms with Crippen LogP contribution in [0.25, 0.3) is 11.0 Å². The van der Waals surface area contributed by atoms with Gasteiger partial charge in [0.05, 0.1) is 25.9 Å². The monoisotopic (exact) mass is 286 g/mol. The van der Waals surface area contributed by atoms with E-state index < -0.39 is 0 Å².